The minimum absolute atomic E-state index is 0.123. The number of hydrogen-bond acceptors (Lipinski definition) is 1. The maximum absolute atomic E-state index is 13.9. The molecule has 0 aliphatic rings. The molecular formula is C14H21BrFN. The van der Waals surface area contributed by atoms with E-state index in [4.69, 9.17) is 0 Å². The summed E-state index contributed by atoms with van der Waals surface area (Å²) in [5.41, 5.74) is 0.796. The monoisotopic (exact) mass is 301 g/mol. The van der Waals surface area contributed by atoms with E-state index in [1.165, 1.54) is 0 Å². The minimum Gasteiger partial charge on any atom is -0.314 e. The Balaban J connectivity index is 2.63. The first-order valence-electron chi connectivity index (χ1n) is 6.23. The zero-order valence-electron chi connectivity index (χ0n) is 10.8. The number of rotatable bonds is 6. The highest BCUT2D eigenvalue weighted by atomic mass is 79.9. The van der Waals surface area contributed by atoms with Gasteiger partial charge in [0.15, 0.2) is 0 Å². The predicted octanol–water partition coefficient (Wildman–Crippen LogP) is 4.47. The molecule has 0 spiro atoms. The first-order valence-corrected chi connectivity index (χ1v) is 7.02. The van der Waals surface area contributed by atoms with Gasteiger partial charge < -0.3 is 5.32 Å². The van der Waals surface area contributed by atoms with Crippen LogP contribution in [-0.2, 0) is 0 Å². The van der Waals surface area contributed by atoms with Gasteiger partial charge >= 0.3 is 0 Å². The molecule has 96 valence electrons. The standard InChI is InChI=1S/C14H21BrFN/c1-4-8-17-11(3)9-10(2)12-6-5-7-13(15)14(12)16/h5-7,10-11,17H,4,8-9H2,1-3H3. The van der Waals surface area contributed by atoms with E-state index in [0.29, 0.717) is 10.5 Å². The molecule has 0 fully saturated rings. The van der Waals surface area contributed by atoms with Crippen LogP contribution in [0, 0.1) is 5.82 Å². The number of hydrogen-bond donors (Lipinski definition) is 1. The van der Waals surface area contributed by atoms with Gasteiger partial charge in [-0.25, -0.2) is 4.39 Å². The van der Waals surface area contributed by atoms with Crippen molar-refractivity contribution in [3.8, 4) is 0 Å². The molecule has 0 aromatic heterocycles. The topological polar surface area (TPSA) is 12.0 Å². The Morgan fingerprint density at radius 2 is 2.06 bits per heavy atom. The molecule has 0 amide bonds. The van der Waals surface area contributed by atoms with E-state index >= 15 is 0 Å². The first kappa shape index (κ1) is 14.7. The van der Waals surface area contributed by atoms with Gasteiger partial charge in [0.25, 0.3) is 0 Å². The van der Waals surface area contributed by atoms with Crippen molar-refractivity contribution in [3.63, 3.8) is 0 Å². The van der Waals surface area contributed by atoms with Gasteiger partial charge in [0.1, 0.15) is 5.82 Å². The summed E-state index contributed by atoms with van der Waals surface area (Å²) in [5, 5.41) is 3.43. The largest absolute Gasteiger partial charge is 0.314 e. The Bertz CT molecular complexity index is 354. The van der Waals surface area contributed by atoms with Crippen LogP contribution in [0.3, 0.4) is 0 Å². The van der Waals surface area contributed by atoms with Crippen LogP contribution in [0.25, 0.3) is 0 Å². The Kier molecular flexibility index (Phi) is 6.14. The molecule has 0 radical (unpaired) electrons. The summed E-state index contributed by atoms with van der Waals surface area (Å²) in [6.07, 6.45) is 2.08. The molecule has 0 aliphatic heterocycles. The lowest BCUT2D eigenvalue weighted by atomic mass is 9.94. The van der Waals surface area contributed by atoms with Gasteiger partial charge in [-0.05, 0) is 59.8 Å². The molecule has 0 saturated carbocycles. The maximum atomic E-state index is 13.9. The van der Waals surface area contributed by atoms with Crippen LogP contribution in [0.15, 0.2) is 22.7 Å². The van der Waals surface area contributed by atoms with Crippen molar-refractivity contribution < 1.29 is 4.39 Å². The summed E-state index contributed by atoms with van der Waals surface area (Å²) in [5.74, 6) is 0.106. The van der Waals surface area contributed by atoms with E-state index in [0.717, 1.165) is 24.9 Å². The fourth-order valence-electron chi connectivity index (χ4n) is 2.03. The Labute approximate surface area is 112 Å². The SMILES string of the molecule is CCCNC(C)CC(C)c1cccc(Br)c1F. The molecule has 1 nitrogen and oxygen atoms in total. The number of nitrogens with one attached hydrogen (secondary N) is 1. The van der Waals surface area contributed by atoms with Gasteiger partial charge in [-0.2, -0.15) is 0 Å². The zero-order chi connectivity index (χ0) is 12.8. The molecule has 1 N–H and O–H groups in total. The molecule has 0 bridgehead atoms. The van der Waals surface area contributed by atoms with Crippen LogP contribution >= 0.6 is 15.9 Å². The highest BCUT2D eigenvalue weighted by molar-refractivity contribution is 9.10. The lowest BCUT2D eigenvalue weighted by Crippen LogP contribution is -2.28. The molecule has 2 unspecified atom stereocenters. The molecular weight excluding hydrogens is 281 g/mol. The second-order valence-corrected chi connectivity index (χ2v) is 5.49. The number of halogens is 2. The predicted molar refractivity (Wildman–Crippen MR) is 74.9 cm³/mol. The van der Waals surface area contributed by atoms with Crippen LogP contribution in [0.4, 0.5) is 4.39 Å². The Hall–Kier alpha value is -0.410. The third kappa shape index (κ3) is 4.40. The molecule has 3 heteroatoms. The second kappa shape index (κ2) is 7.12. The highest BCUT2D eigenvalue weighted by Gasteiger charge is 2.15. The first-order chi connectivity index (χ1) is 8.06. The van der Waals surface area contributed by atoms with Crippen LogP contribution in [0.5, 0.6) is 0 Å². The molecule has 1 rings (SSSR count). The molecule has 2 atom stereocenters. The Morgan fingerprint density at radius 1 is 1.35 bits per heavy atom. The van der Waals surface area contributed by atoms with E-state index in [9.17, 15) is 4.39 Å². The smallest absolute Gasteiger partial charge is 0.140 e. The third-order valence-electron chi connectivity index (χ3n) is 2.96. The molecule has 1 aromatic carbocycles. The summed E-state index contributed by atoms with van der Waals surface area (Å²) >= 11 is 3.23. The van der Waals surface area contributed by atoms with E-state index in [1.807, 2.05) is 12.1 Å². The summed E-state index contributed by atoms with van der Waals surface area (Å²) in [4.78, 5) is 0. The van der Waals surface area contributed by atoms with Crippen LogP contribution < -0.4 is 5.32 Å². The van der Waals surface area contributed by atoms with Crippen molar-refractivity contribution in [3.05, 3.63) is 34.1 Å². The second-order valence-electron chi connectivity index (χ2n) is 4.63. The van der Waals surface area contributed by atoms with Crippen molar-refractivity contribution in [2.45, 2.75) is 45.6 Å². The van der Waals surface area contributed by atoms with E-state index < -0.39 is 0 Å². The van der Waals surface area contributed by atoms with Gasteiger partial charge in [-0.3, -0.25) is 0 Å². The fraction of sp³-hybridized carbons (Fsp3) is 0.571. The molecule has 0 saturated heterocycles. The van der Waals surface area contributed by atoms with Gasteiger partial charge in [0, 0.05) is 6.04 Å². The maximum Gasteiger partial charge on any atom is 0.140 e. The summed E-state index contributed by atoms with van der Waals surface area (Å²) in [7, 11) is 0. The lowest BCUT2D eigenvalue weighted by molar-refractivity contribution is 0.468. The highest BCUT2D eigenvalue weighted by Crippen LogP contribution is 2.27. The van der Waals surface area contributed by atoms with E-state index in [2.05, 4.69) is 42.0 Å². The van der Waals surface area contributed by atoms with Gasteiger partial charge in [-0.15, -0.1) is 0 Å². The fourth-order valence-corrected chi connectivity index (χ4v) is 2.41. The molecule has 17 heavy (non-hydrogen) atoms. The van der Waals surface area contributed by atoms with Gasteiger partial charge in [-0.1, -0.05) is 26.0 Å². The zero-order valence-corrected chi connectivity index (χ0v) is 12.3. The number of benzene rings is 1. The molecule has 0 aliphatic carbocycles. The van der Waals surface area contributed by atoms with Crippen LogP contribution in [-0.4, -0.2) is 12.6 Å². The van der Waals surface area contributed by atoms with Crippen molar-refractivity contribution in [1.29, 1.82) is 0 Å². The average Bonchev–Trinajstić information content (AvgIpc) is 2.29. The van der Waals surface area contributed by atoms with Crippen LogP contribution in [0.2, 0.25) is 0 Å². The summed E-state index contributed by atoms with van der Waals surface area (Å²) < 4.78 is 14.4. The normalized spacial score (nSPS) is 14.6. The van der Waals surface area contributed by atoms with Gasteiger partial charge in [0.05, 0.1) is 4.47 Å². The van der Waals surface area contributed by atoms with E-state index in [1.54, 1.807) is 6.07 Å². The van der Waals surface area contributed by atoms with Crippen molar-refractivity contribution in [2.24, 2.45) is 0 Å². The van der Waals surface area contributed by atoms with Crippen molar-refractivity contribution >= 4 is 15.9 Å². The molecule has 1 aromatic rings. The van der Waals surface area contributed by atoms with Crippen molar-refractivity contribution in [1.82, 2.24) is 5.32 Å². The average molecular weight is 302 g/mol. The van der Waals surface area contributed by atoms with Crippen LogP contribution in [0.1, 0.15) is 45.1 Å². The Morgan fingerprint density at radius 3 is 2.71 bits per heavy atom. The third-order valence-corrected chi connectivity index (χ3v) is 3.57. The van der Waals surface area contributed by atoms with Crippen molar-refractivity contribution in [2.75, 3.05) is 6.54 Å². The summed E-state index contributed by atoms with van der Waals surface area (Å²) in [6.45, 7) is 7.41. The lowest BCUT2D eigenvalue weighted by Gasteiger charge is -2.19. The van der Waals surface area contributed by atoms with Gasteiger partial charge in [0.2, 0.25) is 0 Å². The molecule has 0 heterocycles. The summed E-state index contributed by atoms with van der Waals surface area (Å²) in [6, 6.07) is 5.92. The quantitative estimate of drug-likeness (QED) is 0.817. The minimum atomic E-state index is -0.123. The van der Waals surface area contributed by atoms with E-state index in [-0.39, 0.29) is 11.7 Å².